The van der Waals surface area contributed by atoms with E-state index in [9.17, 15) is 18.4 Å². The molecule has 7 heteroatoms. The maximum atomic E-state index is 13.5. The summed E-state index contributed by atoms with van der Waals surface area (Å²) in [5.41, 5.74) is 0.0304. The van der Waals surface area contributed by atoms with Crippen LogP contribution in [0.2, 0.25) is 0 Å². The number of anilines is 1. The molecule has 1 aliphatic carbocycles. The third-order valence-electron chi connectivity index (χ3n) is 2.85. The van der Waals surface area contributed by atoms with Gasteiger partial charge in [0.05, 0.1) is 23.1 Å². The fraction of sp³-hybridized carbons (Fsp3) is 0. The van der Waals surface area contributed by atoms with Crippen LogP contribution in [0.25, 0.3) is 0 Å². The number of carbonyl (C=O) groups is 2. The molecule has 1 aromatic carbocycles. The third kappa shape index (κ3) is 1.89. The molecule has 5 nitrogen and oxygen atoms in total. The number of nitrogens with one attached hydrogen (secondary N) is 2. The van der Waals surface area contributed by atoms with Gasteiger partial charge >= 0.3 is 0 Å². The molecule has 20 heavy (non-hydrogen) atoms. The zero-order valence-corrected chi connectivity index (χ0v) is 9.91. The largest absolute Gasteiger partial charge is 0.350 e. The van der Waals surface area contributed by atoms with Crippen molar-refractivity contribution < 1.29 is 18.4 Å². The number of allylic oxidation sites excluding steroid dienone is 2. The molecule has 1 aromatic heterocycles. The highest BCUT2D eigenvalue weighted by Crippen LogP contribution is 2.23. The minimum absolute atomic E-state index is 0.0885. The first kappa shape index (κ1) is 12.2. The fourth-order valence-electron chi connectivity index (χ4n) is 1.89. The minimum Gasteiger partial charge on any atom is -0.350 e. The second-order valence-corrected chi connectivity index (χ2v) is 4.16. The molecule has 0 spiro atoms. The number of nitrogens with zero attached hydrogens (tertiary/aromatic N) is 1. The van der Waals surface area contributed by atoms with Crippen LogP contribution in [0.1, 0.15) is 20.8 Å². The molecule has 3 rings (SSSR count). The van der Waals surface area contributed by atoms with Crippen LogP contribution in [-0.2, 0) is 0 Å². The van der Waals surface area contributed by atoms with Crippen molar-refractivity contribution in [3.63, 3.8) is 0 Å². The number of halogens is 2. The predicted molar refractivity (Wildman–Crippen MR) is 65.3 cm³/mol. The van der Waals surface area contributed by atoms with Crippen LogP contribution in [0.4, 0.5) is 14.5 Å². The Bertz CT molecular complexity index is 765. The van der Waals surface area contributed by atoms with E-state index in [0.29, 0.717) is 6.07 Å². The summed E-state index contributed by atoms with van der Waals surface area (Å²) < 4.78 is 26.3. The van der Waals surface area contributed by atoms with Crippen molar-refractivity contribution in [2.45, 2.75) is 0 Å². The van der Waals surface area contributed by atoms with E-state index in [-0.39, 0.29) is 22.6 Å². The molecular weight excluding hydrogens is 268 g/mol. The van der Waals surface area contributed by atoms with E-state index in [4.69, 9.17) is 0 Å². The number of Topliss-reactive ketones (excluding diaryl/α,β-unsaturated/α-hetero) is 1. The van der Waals surface area contributed by atoms with Crippen molar-refractivity contribution in [2.75, 3.05) is 5.32 Å². The van der Waals surface area contributed by atoms with Crippen LogP contribution in [0, 0.1) is 11.6 Å². The van der Waals surface area contributed by atoms with Crippen molar-refractivity contribution in [1.82, 2.24) is 10.2 Å². The zero-order valence-electron chi connectivity index (χ0n) is 9.91. The van der Waals surface area contributed by atoms with Crippen LogP contribution in [0.15, 0.2) is 36.2 Å². The maximum absolute atomic E-state index is 13.5. The summed E-state index contributed by atoms with van der Waals surface area (Å²) in [6.07, 6.45) is 2.27. The molecular formula is C13H7F2N3O2. The molecule has 0 bridgehead atoms. The number of benzene rings is 1. The van der Waals surface area contributed by atoms with Crippen LogP contribution in [-0.4, -0.2) is 21.8 Å². The van der Waals surface area contributed by atoms with Gasteiger partial charge in [-0.15, -0.1) is 0 Å². The molecule has 0 unspecified atom stereocenters. The van der Waals surface area contributed by atoms with E-state index < -0.39 is 23.2 Å². The third-order valence-corrected chi connectivity index (χ3v) is 2.85. The van der Waals surface area contributed by atoms with Gasteiger partial charge in [0, 0.05) is 12.1 Å². The van der Waals surface area contributed by atoms with E-state index in [1.807, 2.05) is 0 Å². The van der Waals surface area contributed by atoms with E-state index in [1.54, 1.807) is 0 Å². The second kappa shape index (κ2) is 4.37. The minimum atomic E-state index is -0.857. The Morgan fingerprint density at radius 2 is 2.00 bits per heavy atom. The van der Waals surface area contributed by atoms with Gasteiger partial charge in [0.25, 0.3) is 0 Å². The quantitative estimate of drug-likeness (QED) is 0.879. The molecule has 0 saturated heterocycles. The highest BCUT2D eigenvalue weighted by Gasteiger charge is 2.27. The Morgan fingerprint density at radius 1 is 1.20 bits per heavy atom. The number of ketones is 2. The summed E-state index contributed by atoms with van der Waals surface area (Å²) >= 11 is 0. The van der Waals surface area contributed by atoms with E-state index in [1.165, 1.54) is 6.20 Å². The van der Waals surface area contributed by atoms with Crippen molar-refractivity contribution in [3.05, 3.63) is 59.1 Å². The number of hydrogen-bond donors (Lipinski definition) is 2. The van der Waals surface area contributed by atoms with Crippen LogP contribution < -0.4 is 5.32 Å². The highest BCUT2D eigenvalue weighted by molar-refractivity contribution is 6.24. The summed E-state index contributed by atoms with van der Waals surface area (Å²) in [6.45, 7) is 0. The Balaban J connectivity index is 1.96. The first-order chi connectivity index (χ1) is 9.56. The lowest BCUT2D eigenvalue weighted by Crippen LogP contribution is -2.21. The molecule has 100 valence electrons. The van der Waals surface area contributed by atoms with Crippen LogP contribution >= 0.6 is 0 Å². The number of aromatic nitrogens is 2. The number of carbonyl (C=O) groups excluding carboxylic acids is 2. The molecule has 2 aromatic rings. The standard InChI is InChI=1S/C13H7F2N3O2/c14-6-1-2-9(8(15)3-6)17-10-4-11(19)12-7(13(10)20)5-16-18-12/h1-5,17H,(H,16,18). The Hall–Kier alpha value is -2.83. The van der Waals surface area contributed by atoms with Crippen LogP contribution in [0.5, 0.6) is 0 Å². The summed E-state index contributed by atoms with van der Waals surface area (Å²) in [5, 5.41) is 8.54. The lowest BCUT2D eigenvalue weighted by molar-refractivity contribution is 0.0983. The van der Waals surface area contributed by atoms with Crippen molar-refractivity contribution >= 4 is 17.3 Å². The van der Waals surface area contributed by atoms with Gasteiger partial charge in [0.15, 0.2) is 0 Å². The number of hydrogen-bond acceptors (Lipinski definition) is 4. The molecule has 0 aliphatic heterocycles. The Labute approximate surface area is 111 Å². The number of rotatable bonds is 2. The van der Waals surface area contributed by atoms with Crippen molar-refractivity contribution in [2.24, 2.45) is 0 Å². The van der Waals surface area contributed by atoms with Gasteiger partial charge < -0.3 is 5.32 Å². The maximum Gasteiger partial charge on any atom is 0.213 e. The topological polar surface area (TPSA) is 74.8 Å². The molecule has 0 radical (unpaired) electrons. The van der Waals surface area contributed by atoms with E-state index in [0.717, 1.165) is 18.2 Å². The Morgan fingerprint density at radius 3 is 2.75 bits per heavy atom. The molecule has 1 heterocycles. The van der Waals surface area contributed by atoms with E-state index >= 15 is 0 Å². The van der Waals surface area contributed by atoms with Gasteiger partial charge in [-0.2, -0.15) is 5.10 Å². The molecule has 1 aliphatic rings. The van der Waals surface area contributed by atoms with Crippen LogP contribution in [0.3, 0.4) is 0 Å². The van der Waals surface area contributed by atoms with Gasteiger partial charge in [-0.1, -0.05) is 0 Å². The molecule has 0 fully saturated rings. The number of fused-ring (bicyclic) bond motifs is 1. The molecule has 0 saturated carbocycles. The molecule has 0 amide bonds. The first-order valence-corrected chi connectivity index (χ1v) is 5.62. The smallest absolute Gasteiger partial charge is 0.213 e. The van der Waals surface area contributed by atoms with Gasteiger partial charge in [-0.3, -0.25) is 14.7 Å². The summed E-state index contributed by atoms with van der Waals surface area (Å²) in [6, 6.07) is 2.87. The number of H-pyrrole nitrogens is 1. The first-order valence-electron chi connectivity index (χ1n) is 5.62. The van der Waals surface area contributed by atoms with Crippen molar-refractivity contribution in [3.8, 4) is 0 Å². The highest BCUT2D eigenvalue weighted by atomic mass is 19.1. The Kier molecular flexibility index (Phi) is 2.67. The van der Waals surface area contributed by atoms with Gasteiger partial charge in [0.2, 0.25) is 11.6 Å². The summed E-state index contributed by atoms with van der Waals surface area (Å²) in [4.78, 5) is 23.8. The zero-order chi connectivity index (χ0) is 14.3. The second-order valence-electron chi connectivity index (χ2n) is 4.16. The predicted octanol–water partition coefficient (Wildman–Crippen LogP) is 2.06. The number of aromatic amines is 1. The lowest BCUT2D eigenvalue weighted by atomic mass is 9.99. The summed E-state index contributed by atoms with van der Waals surface area (Å²) in [7, 11) is 0. The van der Waals surface area contributed by atoms with Gasteiger partial charge in [0.1, 0.15) is 17.3 Å². The SMILES string of the molecule is O=C1C(Nc2ccc(F)cc2F)=CC(=O)c2[nH]ncc21. The normalized spacial score (nSPS) is 14.0. The lowest BCUT2D eigenvalue weighted by Gasteiger charge is -2.13. The summed E-state index contributed by atoms with van der Waals surface area (Å²) in [5.74, 6) is -2.52. The van der Waals surface area contributed by atoms with E-state index in [2.05, 4.69) is 15.5 Å². The van der Waals surface area contributed by atoms with Crippen molar-refractivity contribution in [1.29, 1.82) is 0 Å². The molecule has 0 atom stereocenters. The van der Waals surface area contributed by atoms with Gasteiger partial charge in [-0.05, 0) is 12.1 Å². The van der Waals surface area contributed by atoms with Gasteiger partial charge in [-0.25, -0.2) is 8.78 Å². The average Bonchev–Trinajstić information content (AvgIpc) is 2.88. The average molecular weight is 275 g/mol. The fourth-order valence-corrected chi connectivity index (χ4v) is 1.89. The monoisotopic (exact) mass is 275 g/mol. The molecule has 2 N–H and O–H groups in total.